The van der Waals surface area contributed by atoms with Crippen LogP contribution in [0.25, 0.3) is 0 Å². The molecule has 0 saturated heterocycles. The van der Waals surface area contributed by atoms with Crippen LogP contribution < -0.4 is 15.4 Å². The van der Waals surface area contributed by atoms with Crippen molar-refractivity contribution in [1.82, 2.24) is 14.9 Å². The van der Waals surface area contributed by atoms with E-state index in [1.165, 1.54) is 24.9 Å². The number of anilines is 2. The fourth-order valence-corrected chi connectivity index (χ4v) is 4.34. The number of unbranched alkanes of at least 4 members (excludes halogenated alkanes) is 1. The lowest BCUT2D eigenvalue weighted by Gasteiger charge is -2.24. The molecule has 0 unspecified atom stereocenters. The number of rotatable bonds is 16. The third-order valence-corrected chi connectivity index (χ3v) is 6.41. The van der Waals surface area contributed by atoms with E-state index in [1.54, 1.807) is 0 Å². The second-order valence-corrected chi connectivity index (χ2v) is 9.28. The van der Waals surface area contributed by atoms with Crippen molar-refractivity contribution in [2.45, 2.75) is 57.9 Å². The predicted molar refractivity (Wildman–Crippen MR) is 136 cm³/mol. The van der Waals surface area contributed by atoms with Gasteiger partial charge in [0.15, 0.2) is 18.0 Å². The van der Waals surface area contributed by atoms with Crippen LogP contribution >= 0.6 is 0 Å². The molecule has 1 aliphatic rings. The lowest BCUT2D eigenvalue weighted by atomic mass is 10.1. The molecule has 2 aromatic heterocycles. The summed E-state index contributed by atoms with van der Waals surface area (Å²) in [5.41, 5.74) is 2.25. The van der Waals surface area contributed by atoms with E-state index >= 15 is 0 Å². The number of fused-ring (bicyclic) bond motifs is 1. The molecule has 0 aliphatic carbocycles. The van der Waals surface area contributed by atoms with Crippen LogP contribution in [0.4, 0.5) is 20.4 Å². The van der Waals surface area contributed by atoms with Gasteiger partial charge in [0, 0.05) is 31.7 Å². The Bertz CT molecular complexity index is 1100. The van der Waals surface area contributed by atoms with Crippen LogP contribution in [-0.4, -0.2) is 77.7 Å². The predicted octanol–water partition coefficient (Wildman–Crippen LogP) is 2.60. The number of hydrogen-bond donors (Lipinski definition) is 3. The first-order chi connectivity index (χ1) is 18.4. The number of halogens is 2. The monoisotopic (exact) mass is 532 g/mol. The third-order valence-electron chi connectivity index (χ3n) is 6.41. The summed E-state index contributed by atoms with van der Waals surface area (Å²) in [6.07, 6.45) is 5.16. The molecular weight excluding hydrogens is 496 g/mol. The first-order valence-electron chi connectivity index (χ1n) is 12.9. The third kappa shape index (κ3) is 9.15. The summed E-state index contributed by atoms with van der Waals surface area (Å²) >= 11 is 0. The Hall–Kier alpha value is -3.43. The first-order valence-corrected chi connectivity index (χ1v) is 12.9. The molecule has 0 bridgehead atoms. The number of ketones is 1. The molecule has 12 heteroatoms. The molecule has 2 aromatic rings. The molecule has 0 spiro atoms. The number of carbonyl (C=O) groups excluding carboxylic acids is 1. The second kappa shape index (κ2) is 15.1. The molecule has 0 aromatic carbocycles. The highest BCUT2D eigenvalue weighted by Crippen LogP contribution is 2.20. The molecule has 0 fully saturated rings. The number of pyridine rings is 1. The first kappa shape index (κ1) is 29.1. The highest BCUT2D eigenvalue weighted by molar-refractivity contribution is 5.84. The van der Waals surface area contributed by atoms with Gasteiger partial charge in [-0.05, 0) is 61.9 Å². The standard InChI is InChI=1S/C26H35F2N7O3/c1-19(36)22(33-26-23(17-29)30-11-14-35(26)37)9-13-34(15-16-38-18-24(27)28)12-3-2-6-21-8-7-20-5-4-10-31-25(20)32-21/h7-8,11,14,22,24,37H,2-6,9-10,12-13,15-16,18H2,1H3,(H,31,32)/p+1/t22-/m0/s1. The SMILES string of the molecule is CC(=O)[C@H](CCN(CCCCc1ccc2c(n1)NCCC2)CCOCC(F)F)Nc1c(C#N)ncc[n+]1O. The molecule has 10 nitrogen and oxygen atoms in total. The van der Waals surface area contributed by atoms with Crippen molar-refractivity contribution in [2.75, 3.05) is 50.0 Å². The second-order valence-electron chi connectivity index (χ2n) is 9.28. The number of Topliss-reactive ketones (excluding diaryl/α,β-unsaturated/α-hetero) is 1. The van der Waals surface area contributed by atoms with E-state index in [4.69, 9.17) is 9.72 Å². The van der Waals surface area contributed by atoms with Gasteiger partial charge in [-0.25, -0.2) is 18.7 Å². The van der Waals surface area contributed by atoms with Crippen LogP contribution in [0, 0.1) is 11.3 Å². The van der Waals surface area contributed by atoms with Gasteiger partial charge >= 0.3 is 5.82 Å². The minimum atomic E-state index is -2.52. The zero-order chi connectivity index (χ0) is 27.3. The Kier molecular flexibility index (Phi) is 11.6. The molecule has 3 heterocycles. The summed E-state index contributed by atoms with van der Waals surface area (Å²) < 4.78 is 30.7. The number of ether oxygens (including phenoxy) is 1. The van der Waals surface area contributed by atoms with Crippen molar-refractivity contribution >= 4 is 17.4 Å². The molecule has 3 rings (SSSR count). The highest BCUT2D eigenvalue weighted by atomic mass is 19.3. The normalized spacial score (nSPS) is 13.6. The van der Waals surface area contributed by atoms with E-state index in [0.717, 1.165) is 54.9 Å². The number of alkyl halides is 2. The number of aromatic nitrogens is 3. The van der Waals surface area contributed by atoms with Crippen molar-refractivity contribution in [2.24, 2.45) is 0 Å². The number of nitriles is 1. The van der Waals surface area contributed by atoms with Crippen LogP contribution in [0.15, 0.2) is 24.5 Å². The molecular formula is C26H36F2N7O3+. The van der Waals surface area contributed by atoms with Gasteiger partial charge in [-0.2, -0.15) is 5.26 Å². The lowest BCUT2D eigenvalue weighted by Crippen LogP contribution is -2.42. The summed E-state index contributed by atoms with van der Waals surface area (Å²) in [6, 6.07) is 5.43. The van der Waals surface area contributed by atoms with Crippen LogP contribution in [0.1, 0.15) is 49.6 Å². The molecule has 0 amide bonds. The maximum Gasteiger partial charge on any atom is 0.351 e. The maximum atomic E-state index is 12.5. The molecule has 1 atom stereocenters. The largest absolute Gasteiger partial charge is 0.374 e. The zero-order valence-electron chi connectivity index (χ0n) is 21.7. The zero-order valence-corrected chi connectivity index (χ0v) is 21.7. The van der Waals surface area contributed by atoms with Gasteiger partial charge in [0.25, 0.3) is 6.43 Å². The van der Waals surface area contributed by atoms with Gasteiger partial charge in [0.1, 0.15) is 18.5 Å². The number of carbonyl (C=O) groups is 1. The van der Waals surface area contributed by atoms with Gasteiger partial charge in [-0.15, -0.1) is 0 Å². The summed E-state index contributed by atoms with van der Waals surface area (Å²) in [7, 11) is 0. The molecule has 206 valence electrons. The van der Waals surface area contributed by atoms with Gasteiger partial charge < -0.3 is 20.2 Å². The van der Waals surface area contributed by atoms with Crippen LogP contribution in [0.3, 0.4) is 0 Å². The fourth-order valence-electron chi connectivity index (χ4n) is 4.34. The Labute approximate surface area is 221 Å². The Morgan fingerprint density at radius 2 is 2.18 bits per heavy atom. The Balaban J connectivity index is 1.54. The molecule has 1 aliphatic heterocycles. The van der Waals surface area contributed by atoms with Gasteiger partial charge in [-0.3, -0.25) is 10.1 Å². The summed E-state index contributed by atoms with van der Waals surface area (Å²) in [6.45, 7) is 3.54. The number of nitrogens with one attached hydrogen (secondary N) is 2. The van der Waals surface area contributed by atoms with Crippen molar-refractivity contribution in [3.8, 4) is 6.07 Å². The van der Waals surface area contributed by atoms with Crippen LogP contribution in [0.5, 0.6) is 0 Å². The van der Waals surface area contributed by atoms with Gasteiger partial charge in [0.05, 0.1) is 12.8 Å². The Morgan fingerprint density at radius 3 is 2.95 bits per heavy atom. The van der Waals surface area contributed by atoms with E-state index in [0.29, 0.717) is 26.1 Å². The van der Waals surface area contributed by atoms with E-state index in [1.807, 2.05) is 6.07 Å². The lowest BCUT2D eigenvalue weighted by molar-refractivity contribution is -0.894. The molecule has 0 saturated carbocycles. The average molecular weight is 533 g/mol. The van der Waals surface area contributed by atoms with Gasteiger partial charge in [-0.1, -0.05) is 6.07 Å². The van der Waals surface area contributed by atoms with Gasteiger partial charge in [0.2, 0.25) is 5.69 Å². The smallest absolute Gasteiger partial charge is 0.351 e. The van der Waals surface area contributed by atoms with E-state index in [2.05, 4.69) is 32.7 Å². The maximum absolute atomic E-state index is 12.5. The van der Waals surface area contributed by atoms with Crippen LogP contribution in [0.2, 0.25) is 0 Å². The molecule has 3 N–H and O–H groups in total. The minimum Gasteiger partial charge on any atom is -0.374 e. The summed E-state index contributed by atoms with van der Waals surface area (Å²) in [5, 5.41) is 25.6. The fraction of sp³-hybridized carbons (Fsp3) is 0.577. The number of aryl methyl sites for hydroxylation is 2. The minimum absolute atomic E-state index is 0.0362. The number of nitrogens with zero attached hydrogens (tertiary/aromatic N) is 5. The van der Waals surface area contributed by atoms with E-state index < -0.39 is 19.1 Å². The molecule has 0 radical (unpaired) electrons. The summed E-state index contributed by atoms with van der Waals surface area (Å²) in [4.78, 5) is 23.1. The van der Waals surface area contributed by atoms with Crippen molar-refractivity contribution in [3.63, 3.8) is 0 Å². The van der Waals surface area contributed by atoms with Crippen molar-refractivity contribution in [1.29, 1.82) is 5.26 Å². The Morgan fingerprint density at radius 1 is 1.34 bits per heavy atom. The number of hydrogen-bond acceptors (Lipinski definition) is 9. The van der Waals surface area contributed by atoms with Crippen LogP contribution in [-0.2, 0) is 22.4 Å². The molecule has 38 heavy (non-hydrogen) atoms. The van der Waals surface area contributed by atoms with E-state index in [-0.39, 0.29) is 23.9 Å². The van der Waals surface area contributed by atoms with E-state index in [9.17, 15) is 24.0 Å². The highest BCUT2D eigenvalue weighted by Gasteiger charge is 2.26. The van der Waals surface area contributed by atoms with Crippen molar-refractivity contribution < 1.29 is 28.2 Å². The topological polar surface area (TPSA) is 127 Å². The summed E-state index contributed by atoms with van der Waals surface area (Å²) in [5.74, 6) is 0.847. The quantitative estimate of drug-likeness (QED) is 0.170. The average Bonchev–Trinajstić information content (AvgIpc) is 2.90. The van der Waals surface area contributed by atoms with Crippen molar-refractivity contribution in [3.05, 3.63) is 41.5 Å².